The highest BCUT2D eigenvalue weighted by atomic mass is 16.3. The molecule has 8 heteroatoms. The highest BCUT2D eigenvalue weighted by molar-refractivity contribution is 5.97. The van der Waals surface area contributed by atoms with Crippen LogP contribution in [0.2, 0.25) is 0 Å². The number of rotatable bonds is 7. The summed E-state index contributed by atoms with van der Waals surface area (Å²) in [5.41, 5.74) is 4.01. The fourth-order valence-corrected chi connectivity index (χ4v) is 3.31. The summed E-state index contributed by atoms with van der Waals surface area (Å²) in [4.78, 5) is 17.9. The van der Waals surface area contributed by atoms with Crippen LogP contribution in [0.1, 0.15) is 28.4 Å². The number of amides is 1. The number of phenolic OH excluding ortho intramolecular Hbond substituents is 1. The van der Waals surface area contributed by atoms with E-state index in [0.717, 1.165) is 11.3 Å². The molecule has 1 heterocycles. The van der Waals surface area contributed by atoms with Crippen molar-refractivity contribution in [3.8, 4) is 11.4 Å². The molecular weight excluding hydrogens is 406 g/mol. The smallest absolute Gasteiger partial charge is 0.251 e. The van der Waals surface area contributed by atoms with Gasteiger partial charge in [-0.1, -0.05) is 18.2 Å². The fourth-order valence-electron chi connectivity index (χ4n) is 3.31. The molecule has 4 rings (SSSR count). The van der Waals surface area contributed by atoms with Crippen LogP contribution < -0.4 is 5.32 Å². The maximum Gasteiger partial charge on any atom is 0.251 e. The Morgan fingerprint density at radius 1 is 1.09 bits per heavy atom. The number of hydrogen-bond donors (Lipinski definition) is 3. The van der Waals surface area contributed by atoms with Crippen molar-refractivity contribution in [2.45, 2.75) is 13.3 Å². The van der Waals surface area contributed by atoms with E-state index in [1.165, 1.54) is 4.80 Å². The number of carbonyl (C=O) groups is 1. The minimum Gasteiger partial charge on any atom is -0.505 e. The Bertz CT molecular complexity index is 1280. The number of phenols is 1. The van der Waals surface area contributed by atoms with Crippen LogP contribution in [0.4, 0.5) is 5.69 Å². The predicted molar refractivity (Wildman–Crippen MR) is 123 cm³/mol. The predicted octanol–water partition coefficient (Wildman–Crippen LogP) is 3.16. The summed E-state index contributed by atoms with van der Waals surface area (Å²) in [6.45, 7) is 2.35. The van der Waals surface area contributed by atoms with Gasteiger partial charge in [-0.15, -0.1) is 15.0 Å². The molecule has 0 bridgehead atoms. The molecule has 0 radical (unpaired) electrons. The highest BCUT2D eigenvalue weighted by Crippen LogP contribution is 2.28. The third-order valence-electron chi connectivity index (χ3n) is 4.88. The first kappa shape index (κ1) is 21.2. The number of fused-ring (bicyclic) bond motifs is 1. The van der Waals surface area contributed by atoms with Gasteiger partial charge < -0.3 is 15.5 Å². The Labute approximate surface area is 184 Å². The lowest BCUT2D eigenvalue weighted by Crippen LogP contribution is -2.22. The Morgan fingerprint density at radius 3 is 2.62 bits per heavy atom. The molecule has 1 amide bonds. The first-order valence-electron chi connectivity index (χ1n) is 10.3. The summed E-state index contributed by atoms with van der Waals surface area (Å²) >= 11 is 0. The lowest BCUT2D eigenvalue weighted by molar-refractivity contribution is 0.0956. The Hall–Kier alpha value is -4.04. The van der Waals surface area contributed by atoms with Gasteiger partial charge in [0.1, 0.15) is 16.7 Å². The van der Waals surface area contributed by atoms with Crippen molar-refractivity contribution >= 4 is 28.8 Å². The van der Waals surface area contributed by atoms with Crippen LogP contribution in [0.15, 0.2) is 65.7 Å². The Morgan fingerprint density at radius 2 is 1.88 bits per heavy atom. The molecule has 0 saturated heterocycles. The van der Waals surface area contributed by atoms with Gasteiger partial charge in [-0.05, 0) is 61.4 Å². The van der Waals surface area contributed by atoms with Gasteiger partial charge in [-0.2, -0.15) is 0 Å². The van der Waals surface area contributed by atoms with Crippen LogP contribution >= 0.6 is 0 Å². The van der Waals surface area contributed by atoms with Crippen LogP contribution in [0.5, 0.6) is 5.75 Å². The largest absolute Gasteiger partial charge is 0.505 e. The molecule has 0 fully saturated rings. The SMILES string of the molecule is CCNC(=O)c1ccc2nn(-c3cc(CCO)cc(C=Nc4ccccc4)c3O)nc2c1. The van der Waals surface area contributed by atoms with Crippen LogP contribution in [-0.2, 0) is 6.42 Å². The second-order valence-electron chi connectivity index (χ2n) is 7.17. The molecule has 3 aromatic carbocycles. The van der Waals surface area contributed by atoms with Gasteiger partial charge in [0, 0.05) is 30.5 Å². The number of aromatic nitrogens is 3. The third-order valence-corrected chi connectivity index (χ3v) is 4.88. The summed E-state index contributed by atoms with van der Waals surface area (Å²) < 4.78 is 0. The van der Waals surface area contributed by atoms with Crippen molar-refractivity contribution in [1.82, 2.24) is 20.3 Å². The van der Waals surface area contributed by atoms with Crippen molar-refractivity contribution in [2.24, 2.45) is 4.99 Å². The molecule has 0 aliphatic carbocycles. The lowest BCUT2D eigenvalue weighted by atomic mass is 10.1. The normalized spacial score (nSPS) is 11.3. The monoisotopic (exact) mass is 429 g/mol. The van der Waals surface area contributed by atoms with Crippen molar-refractivity contribution in [3.05, 3.63) is 77.4 Å². The molecule has 1 aromatic heterocycles. The van der Waals surface area contributed by atoms with Crippen molar-refractivity contribution in [1.29, 1.82) is 0 Å². The number of aliphatic hydroxyl groups is 1. The molecule has 0 atom stereocenters. The second-order valence-corrected chi connectivity index (χ2v) is 7.17. The summed E-state index contributed by atoms with van der Waals surface area (Å²) in [6, 6.07) is 18.0. The maximum absolute atomic E-state index is 12.1. The molecule has 3 N–H and O–H groups in total. The van der Waals surface area contributed by atoms with Crippen molar-refractivity contribution < 1.29 is 15.0 Å². The molecule has 0 aliphatic rings. The molecular formula is C24H23N5O3. The zero-order valence-electron chi connectivity index (χ0n) is 17.6. The van der Waals surface area contributed by atoms with Gasteiger partial charge in [0.2, 0.25) is 0 Å². The van der Waals surface area contributed by atoms with E-state index in [0.29, 0.717) is 40.8 Å². The molecule has 0 saturated carbocycles. The molecule has 32 heavy (non-hydrogen) atoms. The maximum atomic E-state index is 12.1. The van der Waals surface area contributed by atoms with Crippen molar-refractivity contribution in [3.63, 3.8) is 0 Å². The lowest BCUT2D eigenvalue weighted by Gasteiger charge is -2.09. The van der Waals surface area contributed by atoms with Gasteiger partial charge in [0.15, 0.2) is 5.75 Å². The van der Waals surface area contributed by atoms with Gasteiger partial charge in [-0.25, -0.2) is 0 Å². The van der Waals surface area contributed by atoms with E-state index >= 15 is 0 Å². The quantitative estimate of drug-likeness (QED) is 0.391. The minimum atomic E-state index is -0.184. The Kier molecular flexibility index (Phi) is 6.23. The van der Waals surface area contributed by atoms with E-state index in [1.54, 1.807) is 36.5 Å². The van der Waals surface area contributed by atoms with E-state index in [4.69, 9.17) is 0 Å². The fraction of sp³-hybridized carbons (Fsp3) is 0.167. The first-order chi connectivity index (χ1) is 15.6. The molecule has 0 aliphatic heterocycles. The Balaban J connectivity index is 1.76. The molecule has 0 unspecified atom stereocenters. The standard InChI is InChI=1S/C24H23N5O3/c1-2-25-24(32)17-8-9-20-21(14-17)28-29(27-20)22-13-16(10-11-30)12-18(23(22)31)15-26-19-6-4-3-5-7-19/h3-9,12-15,30-31H,2,10-11H2,1H3,(H,25,32). The summed E-state index contributed by atoms with van der Waals surface area (Å²) in [7, 11) is 0. The second kappa shape index (κ2) is 9.40. The number of carbonyl (C=O) groups excluding carboxylic acids is 1. The topological polar surface area (TPSA) is 113 Å². The average molecular weight is 429 g/mol. The third kappa shape index (κ3) is 4.50. The first-order valence-corrected chi connectivity index (χ1v) is 10.3. The van der Waals surface area contributed by atoms with Gasteiger partial charge >= 0.3 is 0 Å². The van der Waals surface area contributed by atoms with E-state index in [9.17, 15) is 15.0 Å². The number of hydrogen-bond acceptors (Lipinski definition) is 6. The molecule has 4 aromatic rings. The van der Waals surface area contributed by atoms with E-state index in [2.05, 4.69) is 20.5 Å². The summed E-state index contributed by atoms with van der Waals surface area (Å²) in [6.07, 6.45) is 1.98. The van der Waals surface area contributed by atoms with Gasteiger partial charge in [0.25, 0.3) is 5.91 Å². The average Bonchev–Trinajstić information content (AvgIpc) is 3.23. The number of benzene rings is 3. The summed E-state index contributed by atoms with van der Waals surface area (Å²) in [5.74, 6) is -0.216. The minimum absolute atomic E-state index is 0.0318. The highest BCUT2D eigenvalue weighted by Gasteiger charge is 2.15. The zero-order valence-corrected chi connectivity index (χ0v) is 17.6. The molecule has 162 valence electrons. The van der Waals surface area contributed by atoms with Crippen molar-refractivity contribution in [2.75, 3.05) is 13.2 Å². The number of nitrogens with zero attached hydrogens (tertiary/aromatic N) is 4. The van der Waals surface area contributed by atoms with Gasteiger partial charge in [0.05, 0.1) is 5.69 Å². The number of aromatic hydroxyl groups is 1. The van der Waals surface area contributed by atoms with Crippen LogP contribution in [0.3, 0.4) is 0 Å². The van der Waals surface area contributed by atoms with E-state index < -0.39 is 0 Å². The number of aliphatic hydroxyl groups excluding tert-OH is 1. The van der Waals surface area contributed by atoms with E-state index in [-0.39, 0.29) is 18.3 Å². The zero-order chi connectivity index (χ0) is 22.5. The van der Waals surface area contributed by atoms with Crippen LogP contribution in [0.25, 0.3) is 16.7 Å². The number of para-hydroxylation sites is 1. The van der Waals surface area contributed by atoms with E-state index in [1.807, 2.05) is 37.3 Å². The molecule has 8 nitrogen and oxygen atoms in total. The number of aliphatic imine (C=N–C) groups is 1. The summed E-state index contributed by atoms with van der Waals surface area (Å²) in [5, 5.41) is 32.0. The van der Waals surface area contributed by atoms with Crippen LogP contribution in [-0.4, -0.2) is 50.5 Å². The molecule has 0 spiro atoms. The number of nitrogens with one attached hydrogen (secondary N) is 1. The van der Waals surface area contributed by atoms with Gasteiger partial charge in [-0.3, -0.25) is 9.79 Å². The van der Waals surface area contributed by atoms with Crippen LogP contribution in [0, 0.1) is 0 Å².